The number of nitrogens with one attached hydrogen (secondary N) is 2. The molecule has 4 N–H and O–H groups in total. The average Bonchev–Trinajstić information content (AvgIpc) is 3.00. The summed E-state index contributed by atoms with van der Waals surface area (Å²) in [6.45, 7) is 5.82. The van der Waals surface area contributed by atoms with Gasteiger partial charge < -0.3 is 21.1 Å². The highest BCUT2D eigenvalue weighted by atomic mass is 19.1. The van der Waals surface area contributed by atoms with Crippen LogP contribution in [0.5, 0.6) is 5.75 Å². The van der Waals surface area contributed by atoms with Crippen LogP contribution in [0, 0.1) is 19.7 Å². The first-order valence-corrected chi connectivity index (χ1v) is 14.4. The summed E-state index contributed by atoms with van der Waals surface area (Å²) in [6.07, 6.45) is 1.42. The second-order valence-corrected chi connectivity index (χ2v) is 10.7. The molecule has 11 nitrogen and oxygen atoms in total. The van der Waals surface area contributed by atoms with Crippen molar-refractivity contribution in [3.63, 3.8) is 0 Å². The number of carbonyl (C=O) groups excluding carboxylic acids is 2. The molecule has 0 saturated heterocycles. The zero-order valence-corrected chi connectivity index (χ0v) is 26.2. The molecule has 0 unspecified atom stereocenters. The predicted molar refractivity (Wildman–Crippen MR) is 171 cm³/mol. The summed E-state index contributed by atoms with van der Waals surface area (Å²) in [7, 11) is 4.15. The quantitative estimate of drug-likeness (QED) is 0.234. The van der Waals surface area contributed by atoms with Gasteiger partial charge in [-0.1, -0.05) is 43.7 Å². The monoisotopic (exact) mass is 616 g/mol. The molecule has 0 aliphatic rings. The molecule has 0 fully saturated rings. The van der Waals surface area contributed by atoms with Gasteiger partial charge in [0, 0.05) is 37.5 Å². The van der Waals surface area contributed by atoms with E-state index in [-0.39, 0.29) is 13.1 Å². The Morgan fingerprint density at radius 3 is 2.22 bits per heavy atom. The number of ether oxygens (including phenoxy) is 1. The van der Waals surface area contributed by atoms with Crippen molar-refractivity contribution >= 4 is 17.5 Å². The highest BCUT2D eigenvalue weighted by Crippen LogP contribution is 2.41. The van der Waals surface area contributed by atoms with Crippen LogP contribution in [-0.4, -0.2) is 39.8 Å². The number of hydrogen-bond acceptors (Lipinski definition) is 7. The zero-order chi connectivity index (χ0) is 33.0. The topological polar surface area (TPSA) is 150 Å². The molecular formula is C33H37FN6O5. The lowest BCUT2D eigenvalue weighted by molar-refractivity contribution is -0.117. The van der Waals surface area contributed by atoms with Crippen LogP contribution in [0.4, 0.5) is 10.1 Å². The van der Waals surface area contributed by atoms with Crippen molar-refractivity contribution in [1.82, 2.24) is 19.7 Å². The second kappa shape index (κ2) is 13.7. The maximum Gasteiger partial charge on any atom is 0.346 e. The van der Waals surface area contributed by atoms with Crippen LogP contribution in [0.25, 0.3) is 22.3 Å². The van der Waals surface area contributed by atoms with Crippen molar-refractivity contribution in [2.45, 2.75) is 40.2 Å². The van der Waals surface area contributed by atoms with Gasteiger partial charge in [0.05, 0.1) is 13.7 Å². The van der Waals surface area contributed by atoms with E-state index < -0.39 is 34.6 Å². The fourth-order valence-electron chi connectivity index (χ4n) is 5.48. The number of benzene rings is 3. The van der Waals surface area contributed by atoms with E-state index >= 15 is 4.39 Å². The van der Waals surface area contributed by atoms with Crippen molar-refractivity contribution < 1.29 is 18.7 Å². The lowest BCUT2D eigenvalue weighted by atomic mass is 9.87. The summed E-state index contributed by atoms with van der Waals surface area (Å²) >= 11 is 0. The molecule has 2 amide bonds. The van der Waals surface area contributed by atoms with Gasteiger partial charge in [0.1, 0.15) is 11.6 Å². The Kier molecular flexibility index (Phi) is 9.98. The normalized spacial score (nSPS) is 11.0. The molecule has 0 bridgehead atoms. The van der Waals surface area contributed by atoms with Crippen LogP contribution in [-0.2, 0) is 31.9 Å². The minimum absolute atomic E-state index is 0.0760. The molecule has 45 heavy (non-hydrogen) atoms. The van der Waals surface area contributed by atoms with Crippen LogP contribution in [0.15, 0.2) is 52.1 Å². The summed E-state index contributed by atoms with van der Waals surface area (Å²) in [5.74, 6) is -1.33. The van der Waals surface area contributed by atoms with E-state index in [9.17, 15) is 19.2 Å². The van der Waals surface area contributed by atoms with Crippen molar-refractivity contribution in [2.75, 3.05) is 19.0 Å². The lowest BCUT2D eigenvalue weighted by Crippen LogP contribution is -2.43. The lowest BCUT2D eigenvalue weighted by Gasteiger charge is -2.21. The van der Waals surface area contributed by atoms with Crippen LogP contribution in [0.1, 0.15) is 46.1 Å². The number of aromatic nitrogens is 3. The van der Waals surface area contributed by atoms with Gasteiger partial charge in [-0.05, 0) is 65.8 Å². The van der Waals surface area contributed by atoms with Crippen molar-refractivity contribution in [2.24, 2.45) is 19.8 Å². The minimum Gasteiger partial charge on any atom is -0.496 e. The number of hydrogen-bond donors (Lipinski definition) is 3. The van der Waals surface area contributed by atoms with Crippen LogP contribution < -0.4 is 32.4 Å². The Hall–Kier alpha value is -5.10. The molecule has 4 aromatic rings. The summed E-state index contributed by atoms with van der Waals surface area (Å²) < 4.78 is 23.1. The first-order chi connectivity index (χ1) is 21.4. The summed E-state index contributed by atoms with van der Waals surface area (Å²) in [4.78, 5) is 48.9. The van der Waals surface area contributed by atoms with Crippen LogP contribution in [0.3, 0.4) is 0 Å². The molecule has 0 saturated carbocycles. The molecule has 0 atom stereocenters. The van der Waals surface area contributed by atoms with Gasteiger partial charge in [0.25, 0.3) is 11.5 Å². The third-order valence-electron chi connectivity index (χ3n) is 7.77. The first-order valence-electron chi connectivity index (χ1n) is 14.4. The highest BCUT2D eigenvalue weighted by molar-refractivity contribution is 6.03. The number of carbonyl (C=O) groups is 2. The number of nitrogens with zero attached hydrogens (tertiary/aromatic N) is 3. The molecule has 0 radical (unpaired) electrons. The third kappa shape index (κ3) is 6.55. The average molecular weight is 617 g/mol. The van der Waals surface area contributed by atoms with Crippen molar-refractivity contribution in [3.8, 4) is 28.0 Å². The van der Waals surface area contributed by atoms with E-state index in [1.54, 1.807) is 12.1 Å². The number of primary amides is 1. The van der Waals surface area contributed by atoms with E-state index in [2.05, 4.69) is 15.7 Å². The molecule has 0 aliphatic carbocycles. The van der Waals surface area contributed by atoms with Gasteiger partial charge >= 0.3 is 5.69 Å². The largest absolute Gasteiger partial charge is 0.496 e. The molecule has 1 heterocycles. The number of rotatable bonds is 11. The van der Waals surface area contributed by atoms with E-state index in [1.165, 1.54) is 27.3 Å². The van der Waals surface area contributed by atoms with Crippen molar-refractivity contribution in [1.29, 1.82) is 0 Å². The SMILES string of the molecule is CCCc1c(-c2cccc(-c3cccc(NC(=O)c4nn(C)c(=O)n(C)c4=O)c3C)c2C)cc(F)c(CNCC(N)=O)c1OC. The fraction of sp³-hybridized carbons (Fsp3) is 0.303. The van der Waals surface area contributed by atoms with E-state index in [0.29, 0.717) is 29.0 Å². The molecular weight excluding hydrogens is 579 g/mol. The Balaban J connectivity index is 1.79. The second-order valence-electron chi connectivity index (χ2n) is 10.7. The number of amides is 2. The molecule has 236 valence electrons. The Bertz CT molecular complexity index is 1910. The number of halogens is 1. The highest BCUT2D eigenvalue weighted by Gasteiger charge is 2.23. The minimum atomic E-state index is -0.798. The Morgan fingerprint density at radius 2 is 1.60 bits per heavy atom. The van der Waals surface area contributed by atoms with Crippen molar-refractivity contribution in [3.05, 3.63) is 97.1 Å². The summed E-state index contributed by atoms with van der Waals surface area (Å²) in [6, 6.07) is 12.7. The molecule has 12 heteroatoms. The summed E-state index contributed by atoms with van der Waals surface area (Å²) in [5.41, 5.74) is 9.86. The first kappa shape index (κ1) is 32.8. The maximum absolute atomic E-state index is 15.6. The Labute approximate surface area is 259 Å². The standard InChI is InChI=1S/C33H37FN6O5/c1-7-10-23-24(15-26(34)25(30(23)45-6)16-36-17-28(35)41)21-12-8-11-20(18(21)2)22-13-9-14-27(19(22)3)37-31(42)29-32(43)39(4)33(44)40(5)38-29/h8-9,11-15,36H,7,10,16-17H2,1-6H3,(H2,35,41)(H,37,42). The van der Waals surface area contributed by atoms with E-state index in [1.807, 2.05) is 45.0 Å². The van der Waals surface area contributed by atoms with Gasteiger partial charge in [-0.3, -0.25) is 19.0 Å². The van der Waals surface area contributed by atoms with Crippen LogP contribution in [0.2, 0.25) is 0 Å². The summed E-state index contributed by atoms with van der Waals surface area (Å²) in [5, 5.41) is 9.50. The number of methoxy groups -OCH3 is 1. The number of aryl methyl sites for hydroxylation is 1. The van der Waals surface area contributed by atoms with Gasteiger partial charge in [0.2, 0.25) is 11.6 Å². The van der Waals surface area contributed by atoms with E-state index in [0.717, 1.165) is 49.1 Å². The van der Waals surface area contributed by atoms with Gasteiger partial charge in [-0.2, -0.15) is 5.10 Å². The molecule has 0 aliphatic heterocycles. The number of nitrogens with two attached hydrogens (primary N) is 1. The molecule has 1 aromatic heterocycles. The third-order valence-corrected chi connectivity index (χ3v) is 7.77. The number of anilines is 1. The van der Waals surface area contributed by atoms with Gasteiger partial charge in [-0.25, -0.2) is 13.9 Å². The zero-order valence-electron chi connectivity index (χ0n) is 26.2. The fourth-order valence-corrected chi connectivity index (χ4v) is 5.48. The smallest absolute Gasteiger partial charge is 0.346 e. The molecule has 4 rings (SSSR count). The maximum atomic E-state index is 15.6. The van der Waals surface area contributed by atoms with E-state index in [4.69, 9.17) is 10.5 Å². The van der Waals surface area contributed by atoms with Gasteiger partial charge in [0.15, 0.2) is 0 Å². The van der Waals surface area contributed by atoms with Gasteiger partial charge in [-0.15, -0.1) is 0 Å². The predicted octanol–water partition coefficient (Wildman–Crippen LogP) is 3.36. The Morgan fingerprint density at radius 1 is 0.978 bits per heavy atom. The van der Waals surface area contributed by atoms with Crippen LogP contribution >= 0.6 is 0 Å². The molecule has 0 spiro atoms. The molecule has 3 aromatic carbocycles.